The van der Waals surface area contributed by atoms with Crippen molar-refractivity contribution in [3.63, 3.8) is 0 Å². The first kappa shape index (κ1) is 18.1. The average Bonchev–Trinajstić information content (AvgIpc) is 3.23. The molecular weight excluding hydrogens is 360 g/mol. The Balaban J connectivity index is 1.51. The predicted molar refractivity (Wildman–Crippen MR) is 115 cm³/mol. The van der Waals surface area contributed by atoms with Crippen molar-refractivity contribution in [1.82, 2.24) is 30.1 Å². The minimum Gasteiger partial charge on any atom is -0.310 e. The summed E-state index contributed by atoms with van der Waals surface area (Å²) in [7, 11) is 0. The van der Waals surface area contributed by atoms with Crippen LogP contribution in [0.3, 0.4) is 0 Å². The van der Waals surface area contributed by atoms with Crippen molar-refractivity contribution in [3.8, 4) is 22.5 Å². The normalized spacial score (nSPS) is 14.2. The van der Waals surface area contributed by atoms with Crippen molar-refractivity contribution in [2.45, 2.75) is 52.1 Å². The quantitative estimate of drug-likeness (QED) is 0.513. The zero-order valence-corrected chi connectivity index (χ0v) is 17.1. The molecule has 3 aromatic heterocycles. The van der Waals surface area contributed by atoms with Crippen LogP contribution in [0, 0.1) is 6.92 Å². The van der Waals surface area contributed by atoms with E-state index in [1.54, 1.807) is 6.33 Å². The van der Waals surface area contributed by atoms with Gasteiger partial charge in [-0.25, -0.2) is 9.50 Å². The van der Waals surface area contributed by atoms with Gasteiger partial charge >= 0.3 is 0 Å². The lowest BCUT2D eigenvalue weighted by molar-refractivity contribution is 0.688. The molecule has 2 N–H and O–H groups in total. The summed E-state index contributed by atoms with van der Waals surface area (Å²) in [6.45, 7) is 7.43. The van der Waals surface area contributed by atoms with E-state index in [1.807, 2.05) is 10.7 Å². The van der Waals surface area contributed by atoms with Gasteiger partial charge in [-0.3, -0.25) is 5.10 Å². The first-order valence-corrected chi connectivity index (χ1v) is 10.3. The Morgan fingerprint density at radius 2 is 1.97 bits per heavy atom. The summed E-state index contributed by atoms with van der Waals surface area (Å²) in [6, 6.07) is 11.6. The topological polar surface area (TPSA) is 70.9 Å². The minimum absolute atomic E-state index is 0.335. The maximum atomic E-state index is 4.71. The minimum atomic E-state index is 0.335. The van der Waals surface area contributed by atoms with Crippen LogP contribution in [-0.4, -0.2) is 30.8 Å². The lowest BCUT2D eigenvalue weighted by Gasteiger charge is -2.11. The van der Waals surface area contributed by atoms with E-state index < -0.39 is 0 Å². The Labute approximate surface area is 170 Å². The van der Waals surface area contributed by atoms with Crippen molar-refractivity contribution >= 4 is 5.65 Å². The molecule has 6 heteroatoms. The number of nitrogens with zero attached hydrogens (tertiary/aromatic N) is 4. The molecule has 1 aliphatic rings. The molecule has 0 amide bonds. The summed E-state index contributed by atoms with van der Waals surface area (Å²) in [5, 5.41) is 15.9. The van der Waals surface area contributed by atoms with E-state index in [1.165, 1.54) is 24.0 Å². The number of rotatable bonds is 6. The van der Waals surface area contributed by atoms with Gasteiger partial charge in [-0.05, 0) is 42.9 Å². The second-order valence-corrected chi connectivity index (χ2v) is 8.31. The molecule has 148 valence electrons. The van der Waals surface area contributed by atoms with Crippen LogP contribution in [0.25, 0.3) is 28.2 Å². The Kier molecular flexibility index (Phi) is 4.43. The zero-order valence-electron chi connectivity index (χ0n) is 17.1. The van der Waals surface area contributed by atoms with Crippen LogP contribution in [0.2, 0.25) is 0 Å². The molecule has 5 rings (SSSR count). The van der Waals surface area contributed by atoms with E-state index in [9.17, 15) is 0 Å². The van der Waals surface area contributed by atoms with Gasteiger partial charge in [0.2, 0.25) is 0 Å². The molecule has 3 heterocycles. The third-order valence-electron chi connectivity index (χ3n) is 5.63. The number of pyridine rings is 1. The molecule has 4 aromatic rings. The van der Waals surface area contributed by atoms with Crippen molar-refractivity contribution in [3.05, 3.63) is 59.5 Å². The summed E-state index contributed by atoms with van der Waals surface area (Å²) in [6.07, 6.45) is 6.23. The maximum absolute atomic E-state index is 4.71. The Morgan fingerprint density at radius 1 is 1.17 bits per heavy atom. The number of hydrogen-bond donors (Lipinski definition) is 2. The largest absolute Gasteiger partial charge is 0.310 e. The van der Waals surface area contributed by atoms with Crippen LogP contribution in [-0.2, 0) is 6.54 Å². The summed E-state index contributed by atoms with van der Waals surface area (Å²) >= 11 is 0. The molecule has 0 atom stereocenters. The monoisotopic (exact) mass is 386 g/mol. The second kappa shape index (κ2) is 7.12. The fraction of sp³-hybridized carbons (Fsp3) is 0.348. The number of aryl methyl sites for hydroxylation is 1. The van der Waals surface area contributed by atoms with Crippen molar-refractivity contribution in [2.75, 3.05) is 0 Å². The fourth-order valence-corrected chi connectivity index (χ4v) is 3.91. The number of aromatic amines is 1. The molecule has 0 spiro atoms. The summed E-state index contributed by atoms with van der Waals surface area (Å²) in [5.74, 6) is 0.335. The number of benzene rings is 1. The summed E-state index contributed by atoms with van der Waals surface area (Å²) in [5.41, 5.74) is 8.82. The van der Waals surface area contributed by atoms with Crippen molar-refractivity contribution < 1.29 is 0 Å². The first-order valence-electron chi connectivity index (χ1n) is 10.3. The third-order valence-corrected chi connectivity index (χ3v) is 5.63. The van der Waals surface area contributed by atoms with Gasteiger partial charge in [0.05, 0.1) is 11.4 Å². The van der Waals surface area contributed by atoms with Gasteiger partial charge in [0.1, 0.15) is 6.33 Å². The van der Waals surface area contributed by atoms with Gasteiger partial charge in [0.25, 0.3) is 0 Å². The lowest BCUT2D eigenvalue weighted by Crippen LogP contribution is -2.15. The summed E-state index contributed by atoms with van der Waals surface area (Å²) in [4.78, 5) is 4.32. The number of fused-ring (bicyclic) bond motifs is 1. The average molecular weight is 387 g/mol. The van der Waals surface area contributed by atoms with Gasteiger partial charge in [0, 0.05) is 35.5 Å². The SMILES string of the molecule is Cc1cc(-c2[nH]nc(-c3ccc(CNC4CC4)cc3)c2C(C)C)cn2ncnc12. The van der Waals surface area contributed by atoms with E-state index in [2.05, 4.69) is 71.6 Å². The number of H-pyrrole nitrogens is 1. The van der Waals surface area contributed by atoms with Gasteiger partial charge in [-0.2, -0.15) is 10.2 Å². The first-order chi connectivity index (χ1) is 14.1. The van der Waals surface area contributed by atoms with E-state index in [-0.39, 0.29) is 0 Å². The van der Waals surface area contributed by atoms with Gasteiger partial charge in [0.15, 0.2) is 5.65 Å². The van der Waals surface area contributed by atoms with Crippen LogP contribution < -0.4 is 5.32 Å². The Morgan fingerprint density at radius 3 is 2.69 bits per heavy atom. The molecular formula is C23H26N6. The number of nitrogens with one attached hydrogen (secondary N) is 2. The highest BCUT2D eigenvalue weighted by Crippen LogP contribution is 2.36. The van der Waals surface area contributed by atoms with Crippen molar-refractivity contribution in [2.24, 2.45) is 0 Å². The molecule has 1 saturated carbocycles. The molecule has 0 unspecified atom stereocenters. The Bertz CT molecular complexity index is 1150. The third kappa shape index (κ3) is 3.44. The number of aromatic nitrogens is 5. The lowest BCUT2D eigenvalue weighted by atomic mass is 9.93. The van der Waals surface area contributed by atoms with Crippen LogP contribution in [0.5, 0.6) is 0 Å². The smallest absolute Gasteiger partial charge is 0.158 e. The maximum Gasteiger partial charge on any atom is 0.158 e. The van der Waals surface area contributed by atoms with Crippen LogP contribution in [0.4, 0.5) is 0 Å². The molecule has 1 aliphatic carbocycles. The fourth-order valence-electron chi connectivity index (χ4n) is 3.91. The van der Waals surface area contributed by atoms with Crippen LogP contribution in [0.1, 0.15) is 49.3 Å². The van der Waals surface area contributed by atoms with E-state index in [4.69, 9.17) is 5.10 Å². The summed E-state index contributed by atoms with van der Waals surface area (Å²) < 4.78 is 1.83. The van der Waals surface area contributed by atoms with Crippen LogP contribution in [0.15, 0.2) is 42.9 Å². The standard InChI is InChI=1S/C23H26N6/c1-14(2)20-21(17-6-4-16(5-7-17)11-24-19-8-9-19)27-28-22(20)18-10-15(3)23-25-13-26-29(23)12-18/h4-7,10,12-14,19,24H,8-9,11H2,1-3H3,(H,27,28). The molecule has 1 aromatic carbocycles. The highest BCUT2D eigenvalue weighted by molar-refractivity contribution is 5.75. The van der Waals surface area contributed by atoms with E-state index >= 15 is 0 Å². The predicted octanol–water partition coefficient (Wildman–Crippen LogP) is 4.47. The molecule has 1 fully saturated rings. The number of hydrogen-bond acceptors (Lipinski definition) is 4. The molecule has 0 bridgehead atoms. The van der Waals surface area contributed by atoms with Crippen molar-refractivity contribution in [1.29, 1.82) is 0 Å². The molecule has 0 saturated heterocycles. The molecule has 0 aliphatic heterocycles. The van der Waals surface area contributed by atoms with Gasteiger partial charge < -0.3 is 5.32 Å². The van der Waals surface area contributed by atoms with E-state index in [0.717, 1.165) is 46.3 Å². The molecule has 29 heavy (non-hydrogen) atoms. The Hall–Kier alpha value is -2.99. The zero-order chi connectivity index (χ0) is 20.0. The van der Waals surface area contributed by atoms with Crippen LogP contribution >= 0.6 is 0 Å². The van der Waals surface area contributed by atoms with Gasteiger partial charge in [-0.1, -0.05) is 38.1 Å². The molecule has 0 radical (unpaired) electrons. The highest BCUT2D eigenvalue weighted by Gasteiger charge is 2.21. The molecule has 6 nitrogen and oxygen atoms in total. The van der Waals surface area contributed by atoms with E-state index in [0.29, 0.717) is 5.92 Å². The highest BCUT2D eigenvalue weighted by atomic mass is 15.3. The second-order valence-electron chi connectivity index (χ2n) is 8.31. The van der Waals surface area contributed by atoms with Gasteiger partial charge in [-0.15, -0.1) is 0 Å².